The van der Waals surface area contributed by atoms with E-state index in [4.69, 9.17) is 4.74 Å². The molecule has 1 saturated heterocycles. The summed E-state index contributed by atoms with van der Waals surface area (Å²) in [6, 6.07) is 7.53. The molecule has 0 saturated carbocycles. The first-order chi connectivity index (χ1) is 9.57. The first kappa shape index (κ1) is 14.8. The van der Waals surface area contributed by atoms with Gasteiger partial charge in [0.1, 0.15) is 5.75 Å². The summed E-state index contributed by atoms with van der Waals surface area (Å²) < 4.78 is 19.9. The molecule has 0 aliphatic carbocycles. The Balaban J connectivity index is 2.07. The fraction of sp³-hybridized carbons (Fsp3) is 0.533. The molecule has 1 fully saturated rings. The summed E-state index contributed by atoms with van der Waals surface area (Å²) >= 11 is 0. The first-order valence-electron chi connectivity index (χ1n) is 6.93. The molecule has 0 unspecified atom stereocenters. The summed E-state index contributed by atoms with van der Waals surface area (Å²) in [5.74, 6) is 0.279. The second-order valence-corrected chi connectivity index (χ2v) is 5.09. The van der Waals surface area contributed by atoms with Crippen LogP contribution in [0.5, 0.6) is 5.75 Å². The Morgan fingerprint density at radius 2 is 2.25 bits per heavy atom. The fourth-order valence-corrected chi connectivity index (χ4v) is 2.44. The molecule has 1 amide bonds. The summed E-state index contributed by atoms with van der Waals surface area (Å²) in [6.45, 7) is 3.47. The van der Waals surface area contributed by atoms with Gasteiger partial charge in [-0.3, -0.25) is 4.79 Å². The quantitative estimate of drug-likeness (QED) is 0.893. The van der Waals surface area contributed by atoms with Gasteiger partial charge in [-0.25, -0.2) is 4.39 Å². The smallest absolute Gasteiger partial charge is 0.261 e. The Kier molecular flexibility index (Phi) is 4.60. The molecule has 1 aromatic carbocycles. The monoisotopic (exact) mass is 280 g/mol. The number of nitrogens with one attached hydrogen (secondary N) is 1. The van der Waals surface area contributed by atoms with E-state index in [2.05, 4.69) is 5.32 Å². The predicted molar refractivity (Wildman–Crippen MR) is 75.4 cm³/mol. The average molecular weight is 280 g/mol. The number of benzene rings is 1. The van der Waals surface area contributed by atoms with Crippen LogP contribution in [0.3, 0.4) is 0 Å². The highest BCUT2D eigenvalue weighted by molar-refractivity contribution is 5.85. The molecule has 0 radical (unpaired) electrons. The Morgan fingerprint density at radius 1 is 1.50 bits per heavy atom. The zero-order chi connectivity index (χ0) is 14.6. The Bertz CT molecular complexity index is 473. The molecule has 0 bridgehead atoms. The van der Waals surface area contributed by atoms with E-state index in [1.165, 1.54) is 4.90 Å². The lowest BCUT2D eigenvalue weighted by Crippen LogP contribution is -2.45. The molecule has 1 aliphatic heterocycles. The molecule has 1 N–H and O–H groups in total. The van der Waals surface area contributed by atoms with Gasteiger partial charge in [0.2, 0.25) is 5.67 Å². The van der Waals surface area contributed by atoms with Gasteiger partial charge in [0.05, 0.1) is 6.61 Å². The van der Waals surface area contributed by atoms with Crippen LogP contribution >= 0.6 is 0 Å². The van der Waals surface area contributed by atoms with Gasteiger partial charge in [-0.2, -0.15) is 0 Å². The molecule has 1 aromatic rings. The Morgan fingerprint density at radius 3 is 2.90 bits per heavy atom. The van der Waals surface area contributed by atoms with Crippen molar-refractivity contribution in [2.45, 2.75) is 25.6 Å². The predicted octanol–water partition coefficient (Wildman–Crippen LogP) is 1.75. The largest absolute Gasteiger partial charge is 0.494 e. The number of hydrogen-bond donors (Lipinski definition) is 1. The maximum absolute atomic E-state index is 14.4. The number of carbonyl (C=O) groups is 1. The van der Waals surface area contributed by atoms with Crippen LogP contribution < -0.4 is 10.1 Å². The van der Waals surface area contributed by atoms with Crippen molar-refractivity contribution in [1.29, 1.82) is 0 Å². The van der Waals surface area contributed by atoms with E-state index >= 15 is 0 Å². The topological polar surface area (TPSA) is 41.6 Å². The zero-order valence-electron chi connectivity index (χ0n) is 12.0. The lowest BCUT2D eigenvalue weighted by molar-refractivity contribution is -0.142. The van der Waals surface area contributed by atoms with Crippen LogP contribution in [0.15, 0.2) is 24.3 Å². The molecule has 20 heavy (non-hydrogen) atoms. The minimum atomic E-state index is -1.77. The normalized spacial score (nSPS) is 21.8. The van der Waals surface area contributed by atoms with Crippen molar-refractivity contribution >= 4 is 5.91 Å². The molecule has 5 heteroatoms. The lowest BCUT2D eigenvalue weighted by atomic mass is 10.0. The maximum atomic E-state index is 14.4. The van der Waals surface area contributed by atoms with Crippen molar-refractivity contribution in [3.8, 4) is 5.75 Å². The molecule has 2 rings (SSSR count). The van der Waals surface area contributed by atoms with Crippen LogP contribution in [-0.2, 0) is 11.3 Å². The molecule has 0 spiro atoms. The molecule has 4 nitrogen and oxygen atoms in total. The van der Waals surface area contributed by atoms with E-state index in [9.17, 15) is 9.18 Å². The number of nitrogens with zero attached hydrogens (tertiary/aromatic N) is 1. The molecular formula is C15H21FN2O2. The van der Waals surface area contributed by atoms with Crippen molar-refractivity contribution in [1.82, 2.24) is 10.2 Å². The van der Waals surface area contributed by atoms with Gasteiger partial charge in [-0.05, 0) is 19.5 Å². The van der Waals surface area contributed by atoms with Crippen LogP contribution in [0.1, 0.15) is 18.9 Å². The van der Waals surface area contributed by atoms with E-state index in [1.807, 2.05) is 31.2 Å². The van der Waals surface area contributed by atoms with Crippen LogP contribution in [0, 0.1) is 0 Å². The molecule has 1 heterocycles. The van der Waals surface area contributed by atoms with Crippen molar-refractivity contribution in [3.05, 3.63) is 29.8 Å². The lowest BCUT2D eigenvalue weighted by Gasteiger charge is -2.26. The van der Waals surface area contributed by atoms with Gasteiger partial charge in [0.25, 0.3) is 5.91 Å². The third-order valence-corrected chi connectivity index (χ3v) is 3.51. The van der Waals surface area contributed by atoms with Crippen molar-refractivity contribution in [2.75, 3.05) is 26.7 Å². The summed E-state index contributed by atoms with van der Waals surface area (Å²) in [5, 5.41) is 2.90. The van der Waals surface area contributed by atoms with E-state index in [0.717, 1.165) is 11.3 Å². The van der Waals surface area contributed by atoms with E-state index in [1.54, 1.807) is 7.05 Å². The van der Waals surface area contributed by atoms with E-state index < -0.39 is 11.6 Å². The van der Waals surface area contributed by atoms with Crippen molar-refractivity contribution < 1.29 is 13.9 Å². The van der Waals surface area contributed by atoms with E-state index in [-0.39, 0.29) is 13.0 Å². The van der Waals surface area contributed by atoms with Gasteiger partial charge in [-0.15, -0.1) is 0 Å². The van der Waals surface area contributed by atoms with Crippen molar-refractivity contribution in [2.24, 2.45) is 0 Å². The second kappa shape index (κ2) is 6.22. The Hall–Kier alpha value is -1.62. The maximum Gasteiger partial charge on any atom is 0.261 e. The van der Waals surface area contributed by atoms with Gasteiger partial charge in [-0.1, -0.05) is 18.2 Å². The summed E-state index contributed by atoms with van der Waals surface area (Å²) in [6.07, 6.45) is 0.239. The highest BCUT2D eigenvalue weighted by atomic mass is 19.1. The summed E-state index contributed by atoms with van der Waals surface area (Å²) in [5.41, 5.74) is -0.880. The van der Waals surface area contributed by atoms with Gasteiger partial charge in [0.15, 0.2) is 0 Å². The minimum Gasteiger partial charge on any atom is -0.494 e. The minimum absolute atomic E-state index is 0.100. The number of alkyl halides is 1. The van der Waals surface area contributed by atoms with Gasteiger partial charge >= 0.3 is 0 Å². The standard InChI is InChI=1S/C15H21FN2O2/c1-3-20-13-7-5-4-6-12(13)10-18(2)14(19)15(16)8-9-17-11-15/h4-7,17H,3,8-11H2,1-2H3/t15-/m1/s1. The molecule has 110 valence electrons. The third kappa shape index (κ3) is 3.10. The fourth-order valence-electron chi connectivity index (χ4n) is 2.44. The van der Waals surface area contributed by atoms with Gasteiger partial charge in [0, 0.05) is 32.1 Å². The number of ether oxygens (including phenoxy) is 1. The number of amides is 1. The highest BCUT2D eigenvalue weighted by Gasteiger charge is 2.43. The molecular weight excluding hydrogens is 259 g/mol. The summed E-state index contributed by atoms with van der Waals surface area (Å²) in [4.78, 5) is 13.6. The SMILES string of the molecule is CCOc1ccccc1CN(C)C(=O)[C@@]1(F)CCNC1. The highest BCUT2D eigenvalue weighted by Crippen LogP contribution is 2.25. The van der Waals surface area contributed by atoms with Crippen molar-refractivity contribution in [3.63, 3.8) is 0 Å². The average Bonchev–Trinajstić information content (AvgIpc) is 2.88. The van der Waals surface area contributed by atoms with Crippen LogP contribution in [-0.4, -0.2) is 43.2 Å². The Labute approximate surface area is 118 Å². The zero-order valence-corrected chi connectivity index (χ0v) is 12.0. The van der Waals surface area contributed by atoms with Crippen LogP contribution in [0.4, 0.5) is 4.39 Å². The van der Waals surface area contributed by atoms with Crippen LogP contribution in [0.2, 0.25) is 0 Å². The number of para-hydroxylation sites is 1. The molecule has 0 aromatic heterocycles. The number of carbonyl (C=O) groups excluding carboxylic acids is 1. The number of rotatable bonds is 5. The third-order valence-electron chi connectivity index (χ3n) is 3.51. The number of halogens is 1. The second-order valence-electron chi connectivity index (χ2n) is 5.09. The van der Waals surface area contributed by atoms with Gasteiger partial charge < -0.3 is 15.0 Å². The molecule has 1 aliphatic rings. The van der Waals surface area contributed by atoms with Crippen LogP contribution in [0.25, 0.3) is 0 Å². The van der Waals surface area contributed by atoms with E-state index in [0.29, 0.717) is 19.7 Å². The first-order valence-corrected chi connectivity index (χ1v) is 6.93. The molecule has 1 atom stereocenters. The summed E-state index contributed by atoms with van der Waals surface area (Å²) in [7, 11) is 1.63. The number of hydrogen-bond acceptors (Lipinski definition) is 3.